The molecule has 2 aromatic rings. The summed E-state index contributed by atoms with van der Waals surface area (Å²) in [5, 5.41) is 3.52. The number of hydrogen-bond acceptors (Lipinski definition) is 3. The number of piperazine rings is 1. The van der Waals surface area contributed by atoms with E-state index in [2.05, 4.69) is 15.1 Å². The molecule has 0 unspecified atom stereocenters. The number of nitrogens with one attached hydrogen (secondary N) is 1. The van der Waals surface area contributed by atoms with Crippen molar-refractivity contribution in [2.24, 2.45) is 0 Å². The number of amides is 1. The lowest BCUT2D eigenvalue weighted by Gasteiger charge is -2.35. The van der Waals surface area contributed by atoms with Gasteiger partial charge in [-0.1, -0.05) is 17.7 Å². The molecule has 0 aromatic heterocycles. The summed E-state index contributed by atoms with van der Waals surface area (Å²) < 4.78 is 12.9. The highest BCUT2D eigenvalue weighted by Gasteiger charge is 2.19. The molecule has 134 valence electrons. The molecular weight excluding hydrogens is 364 g/mol. The number of anilines is 2. The van der Waals surface area contributed by atoms with Crippen LogP contribution in [0.1, 0.15) is 0 Å². The first-order chi connectivity index (χ1) is 11.6. The van der Waals surface area contributed by atoms with Gasteiger partial charge in [0.15, 0.2) is 0 Å². The van der Waals surface area contributed by atoms with Crippen molar-refractivity contribution >= 4 is 41.3 Å². The summed E-state index contributed by atoms with van der Waals surface area (Å²) in [5.41, 5.74) is 1.72. The van der Waals surface area contributed by atoms with Crippen molar-refractivity contribution in [2.45, 2.75) is 0 Å². The highest BCUT2D eigenvalue weighted by molar-refractivity contribution is 6.30. The third kappa shape index (κ3) is 5.59. The number of hydrogen-bond donors (Lipinski definition) is 1. The average molecular weight is 384 g/mol. The molecule has 1 N–H and O–H groups in total. The quantitative estimate of drug-likeness (QED) is 0.874. The molecule has 3 rings (SSSR count). The Kier molecular flexibility index (Phi) is 7.05. The first kappa shape index (κ1) is 19.5. The Hall–Kier alpha value is -1.82. The SMILES string of the molecule is Cl.O=C(CN1CCN(c2cccc(Cl)c2)CC1)Nc1ccc(F)cc1. The summed E-state index contributed by atoms with van der Waals surface area (Å²) in [6, 6.07) is 13.6. The molecule has 1 fully saturated rings. The second kappa shape index (κ2) is 9.04. The van der Waals surface area contributed by atoms with E-state index in [-0.39, 0.29) is 24.1 Å². The Morgan fingerprint density at radius 3 is 2.40 bits per heavy atom. The van der Waals surface area contributed by atoms with Crippen LogP contribution in [-0.2, 0) is 4.79 Å². The van der Waals surface area contributed by atoms with Crippen LogP contribution in [-0.4, -0.2) is 43.5 Å². The van der Waals surface area contributed by atoms with Crippen LogP contribution < -0.4 is 10.2 Å². The highest BCUT2D eigenvalue weighted by Crippen LogP contribution is 2.20. The molecule has 1 amide bonds. The van der Waals surface area contributed by atoms with Gasteiger partial charge in [0.25, 0.3) is 0 Å². The molecule has 2 aromatic carbocycles. The summed E-state index contributed by atoms with van der Waals surface area (Å²) in [6.45, 7) is 3.65. The Labute approximate surface area is 158 Å². The number of benzene rings is 2. The molecule has 4 nitrogen and oxygen atoms in total. The van der Waals surface area contributed by atoms with E-state index in [0.717, 1.165) is 36.9 Å². The lowest BCUT2D eigenvalue weighted by molar-refractivity contribution is -0.117. The second-order valence-corrected chi connectivity index (χ2v) is 6.23. The highest BCUT2D eigenvalue weighted by atomic mass is 35.5. The molecular formula is C18H20Cl2FN3O. The third-order valence-electron chi connectivity index (χ3n) is 4.04. The predicted molar refractivity (Wildman–Crippen MR) is 102 cm³/mol. The van der Waals surface area contributed by atoms with Crippen molar-refractivity contribution in [3.05, 3.63) is 59.4 Å². The Bertz CT molecular complexity index is 704. The van der Waals surface area contributed by atoms with Crippen molar-refractivity contribution in [2.75, 3.05) is 42.9 Å². The smallest absolute Gasteiger partial charge is 0.238 e. The van der Waals surface area contributed by atoms with Crippen LogP contribution in [0.4, 0.5) is 15.8 Å². The summed E-state index contributed by atoms with van der Waals surface area (Å²) in [4.78, 5) is 16.5. The molecule has 0 atom stereocenters. The number of nitrogens with zero attached hydrogens (tertiary/aromatic N) is 2. The van der Waals surface area contributed by atoms with Gasteiger partial charge in [-0.25, -0.2) is 4.39 Å². The maximum absolute atomic E-state index is 12.9. The fraction of sp³-hybridized carbons (Fsp3) is 0.278. The predicted octanol–water partition coefficient (Wildman–Crippen LogP) is 3.66. The van der Waals surface area contributed by atoms with Crippen LogP contribution in [0.2, 0.25) is 5.02 Å². The number of carbonyl (C=O) groups excluding carboxylic acids is 1. The van der Waals surface area contributed by atoms with Crippen molar-refractivity contribution < 1.29 is 9.18 Å². The molecule has 0 spiro atoms. The van der Waals surface area contributed by atoms with Gasteiger partial charge in [0.05, 0.1) is 6.54 Å². The van der Waals surface area contributed by atoms with Crippen LogP contribution in [0.3, 0.4) is 0 Å². The monoisotopic (exact) mass is 383 g/mol. The number of carbonyl (C=O) groups is 1. The number of halogens is 3. The van der Waals surface area contributed by atoms with E-state index in [9.17, 15) is 9.18 Å². The molecule has 25 heavy (non-hydrogen) atoms. The average Bonchev–Trinajstić information content (AvgIpc) is 2.58. The minimum absolute atomic E-state index is 0. The number of rotatable bonds is 4. The largest absolute Gasteiger partial charge is 0.369 e. The van der Waals surface area contributed by atoms with Gasteiger partial charge in [0, 0.05) is 42.6 Å². The van der Waals surface area contributed by atoms with Crippen LogP contribution >= 0.6 is 24.0 Å². The molecule has 1 aliphatic rings. The van der Waals surface area contributed by atoms with Crippen molar-refractivity contribution in [3.63, 3.8) is 0 Å². The first-order valence-electron chi connectivity index (χ1n) is 7.88. The molecule has 0 saturated carbocycles. The van der Waals surface area contributed by atoms with E-state index in [1.54, 1.807) is 12.1 Å². The molecule has 0 radical (unpaired) electrons. The standard InChI is InChI=1S/C18H19ClFN3O.ClH/c19-14-2-1-3-17(12-14)23-10-8-22(9-11-23)13-18(24)21-16-6-4-15(20)5-7-16;/h1-7,12H,8-11,13H2,(H,21,24);1H. The summed E-state index contributed by atoms with van der Waals surface area (Å²) in [5.74, 6) is -0.400. The minimum atomic E-state index is -0.315. The zero-order valence-corrected chi connectivity index (χ0v) is 15.2. The van der Waals surface area contributed by atoms with Gasteiger partial charge in [-0.05, 0) is 42.5 Å². The van der Waals surface area contributed by atoms with Crippen molar-refractivity contribution in [3.8, 4) is 0 Å². The Morgan fingerprint density at radius 2 is 1.76 bits per heavy atom. The molecule has 0 aliphatic carbocycles. The van der Waals surface area contributed by atoms with Gasteiger partial charge in [-0.15, -0.1) is 12.4 Å². The molecule has 0 bridgehead atoms. The van der Waals surface area contributed by atoms with E-state index in [1.165, 1.54) is 12.1 Å². The summed E-state index contributed by atoms with van der Waals surface area (Å²) >= 11 is 6.03. The fourth-order valence-corrected chi connectivity index (χ4v) is 2.96. The van der Waals surface area contributed by atoms with E-state index in [1.807, 2.05) is 24.3 Å². The van der Waals surface area contributed by atoms with Crippen LogP contribution in [0.5, 0.6) is 0 Å². The maximum Gasteiger partial charge on any atom is 0.238 e. The van der Waals surface area contributed by atoms with E-state index >= 15 is 0 Å². The van der Waals surface area contributed by atoms with E-state index < -0.39 is 0 Å². The lowest BCUT2D eigenvalue weighted by Crippen LogP contribution is -2.48. The normalized spacial score (nSPS) is 14.7. The second-order valence-electron chi connectivity index (χ2n) is 5.80. The lowest BCUT2D eigenvalue weighted by atomic mass is 10.2. The Balaban J connectivity index is 0.00000225. The summed E-state index contributed by atoms with van der Waals surface area (Å²) in [6.07, 6.45) is 0. The summed E-state index contributed by atoms with van der Waals surface area (Å²) in [7, 11) is 0. The maximum atomic E-state index is 12.9. The molecule has 1 saturated heterocycles. The van der Waals surface area contributed by atoms with Crippen LogP contribution in [0.25, 0.3) is 0 Å². The van der Waals surface area contributed by atoms with Gasteiger partial charge in [0.1, 0.15) is 5.82 Å². The Morgan fingerprint density at radius 1 is 1.08 bits per heavy atom. The van der Waals surface area contributed by atoms with Gasteiger partial charge in [0.2, 0.25) is 5.91 Å². The zero-order valence-electron chi connectivity index (χ0n) is 13.6. The molecule has 7 heteroatoms. The van der Waals surface area contributed by atoms with Crippen molar-refractivity contribution in [1.29, 1.82) is 0 Å². The van der Waals surface area contributed by atoms with Crippen LogP contribution in [0, 0.1) is 5.82 Å². The van der Waals surface area contributed by atoms with E-state index in [4.69, 9.17) is 11.6 Å². The van der Waals surface area contributed by atoms with Crippen molar-refractivity contribution in [1.82, 2.24) is 4.90 Å². The van der Waals surface area contributed by atoms with Gasteiger partial charge >= 0.3 is 0 Å². The van der Waals surface area contributed by atoms with Gasteiger partial charge in [-0.2, -0.15) is 0 Å². The van der Waals surface area contributed by atoms with Crippen LogP contribution in [0.15, 0.2) is 48.5 Å². The topological polar surface area (TPSA) is 35.6 Å². The fourth-order valence-electron chi connectivity index (χ4n) is 2.77. The molecule has 1 aliphatic heterocycles. The van der Waals surface area contributed by atoms with Gasteiger partial charge < -0.3 is 10.2 Å². The first-order valence-corrected chi connectivity index (χ1v) is 8.26. The molecule has 1 heterocycles. The minimum Gasteiger partial charge on any atom is -0.369 e. The van der Waals surface area contributed by atoms with E-state index in [0.29, 0.717) is 12.2 Å². The van der Waals surface area contributed by atoms with Gasteiger partial charge in [-0.3, -0.25) is 9.69 Å². The third-order valence-corrected chi connectivity index (χ3v) is 4.28. The zero-order chi connectivity index (χ0) is 16.9.